The Bertz CT molecular complexity index is 1260. The molecule has 2 aromatic rings. The lowest BCUT2D eigenvalue weighted by atomic mass is 10.0. The van der Waals surface area contributed by atoms with E-state index in [4.69, 9.17) is 22.9 Å². The second-order valence-electron chi connectivity index (χ2n) is 9.99. The molecule has 0 aliphatic carbocycles. The molecular weight excluding hydrogens is 548 g/mol. The Balaban J connectivity index is 2.30. The number of benzene rings is 1. The molecule has 15 heteroatoms. The lowest BCUT2D eigenvalue weighted by Crippen LogP contribution is -2.57. The number of carboxylic acid groups (broad SMARTS) is 1. The summed E-state index contributed by atoms with van der Waals surface area (Å²) in [7, 11) is 0. The molecule has 13 N–H and O–H groups in total. The standard InChI is InChI=1S/C27H40N8O7/c28-12-4-3-7-20(27(41)42)34-26(40)21(13-15-14-32-18-6-2-1-5-16(15)18)35-25(39)19(9-11-23(31)37)33-24(38)17(29)8-10-22(30)36/h1-2,5-6,14,17,19-21,32H,3-4,7-13,28-29H2,(H2,30,36)(H2,31,37)(H,33,38)(H,34,40)(H,35,39)(H,41,42). The van der Waals surface area contributed by atoms with Crippen molar-refractivity contribution in [1.29, 1.82) is 0 Å². The van der Waals surface area contributed by atoms with Crippen molar-refractivity contribution >= 4 is 46.4 Å². The number of aromatic amines is 1. The van der Waals surface area contributed by atoms with E-state index >= 15 is 0 Å². The number of aromatic nitrogens is 1. The van der Waals surface area contributed by atoms with Gasteiger partial charge in [-0.2, -0.15) is 0 Å². The van der Waals surface area contributed by atoms with E-state index in [1.807, 2.05) is 24.3 Å². The number of primary amides is 2. The summed E-state index contributed by atoms with van der Waals surface area (Å²) >= 11 is 0. The largest absolute Gasteiger partial charge is 0.480 e. The number of carboxylic acids is 1. The van der Waals surface area contributed by atoms with Gasteiger partial charge in [0.25, 0.3) is 0 Å². The number of unbranched alkanes of at least 4 members (excludes halogenated alkanes) is 1. The zero-order valence-electron chi connectivity index (χ0n) is 23.3. The number of carbonyl (C=O) groups excluding carboxylic acids is 5. The van der Waals surface area contributed by atoms with Gasteiger partial charge in [-0.05, 0) is 50.3 Å². The zero-order valence-corrected chi connectivity index (χ0v) is 23.3. The van der Waals surface area contributed by atoms with E-state index in [1.165, 1.54) is 0 Å². The van der Waals surface area contributed by atoms with Gasteiger partial charge in [0.1, 0.15) is 18.1 Å². The van der Waals surface area contributed by atoms with Gasteiger partial charge >= 0.3 is 5.97 Å². The Morgan fingerprint density at radius 2 is 1.38 bits per heavy atom. The first-order valence-corrected chi connectivity index (χ1v) is 13.6. The van der Waals surface area contributed by atoms with E-state index in [0.717, 1.165) is 10.9 Å². The normalized spacial score (nSPS) is 13.9. The molecule has 1 aromatic carbocycles. The monoisotopic (exact) mass is 588 g/mol. The summed E-state index contributed by atoms with van der Waals surface area (Å²) in [5, 5.41) is 18.0. The van der Waals surface area contributed by atoms with Gasteiger partial charge in [-0.1, -0.05) is 18.2 Å². The lowest BCUT2D eigenvalue weighted by Gasteiger charge is -2.25. The fraction of sp³-hybridized carbons (Fsp3) is 0.481. The highest BCUT2D eigenvalue weighted by atomic mass is 16.4. The van der Waals surface area contributed by atoms with Crippen LogP contribution in [-0.2, 0) is 35.2 Å². The predicted octanol–water partition coefficient (Wildman–Crippen LogP) is -1.76. The van der Waals surface area contributed by atoms with E-state index in [9.17, 15) is 33.9 Å². The summed E-state index contributed by atoms with van der Waals surface area (Å²) < 4.78 is 0. The van der Waals surface area contributed by atoms with Crippen LogP contribution in [0.4, 0.5) is 0 Å². The molecule has 2 rings (SSSR count). The van der Waals surface area contributed by atoms with Crippen molar-refractivity contribution in [3.63, 3.8) is 0 Å². The third-order valence-corrected chi connectivity index (χ3v) is 6.64. The van der Waals surface area contributed by atoms with Crippen LogP contribution in [0.2, 0.25) is 0 Å². The number of para-hydroxylation sites is 1. The van der Waals surface area contributed by atoms with Crippen LogP contribution in [0.25, 0.3) is 10.9 Å². The molecule has 4 atom stereocenters. The Hall–Kier alpha value is -4.50. The van der Waals surface area contributed by atoms with Crippen molar-refractivity contribution in [3.8, 4) is 0 Å². The summed E-state index contributed by atoms with van der Waals surface area (Å²) in [4.78, 5) is 76.9. The summed E-state index contributed by atoms with van der Waals surface area (Å²) in [6.07, 6.45) is 2.12. The van der Waals surface area contributed by atoms with E-state index in [0.29, 0.717) is 24.9 Å². The molecule has 0 fully saturated rings. The quantitative estimate of drug-likeness (QED) is 0.0839. The van der Waals surface area contributed by atoms with E-state index in [-0.39, 0.29) is 38.5 Å². The van der Waals surface area contributed by atoms with Crippen molar-refractivity contribution < 1.29 is 33.9 Å². The number of amides is 5. The maximum absolute atomic E-state index is 13.4. The van der Waals surface area contributed by atoms with Crippen LogP contribution in [0.3, 0.4) is 0 Å². The van der Waals surface area contributed by atoms with E-state index < -0.39 is 59.7 Å². The summed E-state index contributed by atoms with van der Waals surface area (Å²) in [5.41, 5.74) is 23.1. The molecule has 0 saturated carbocycles. The highest BCUT2D eigenvalue weighted by molar-refractivity contribution is 5.95. The molecule has 0 aliphatic rings. The second-order valence-corrected chi connectivity index (χ2v) is 9.99. The first-order valence-electron chi connectivity index (χ1n) is 13.6. The molecule has 230 valence electrons. The highest BCUT2D eigenvalue weighted by Crippen LogP contribution is 2.19. The van der Waals surface area contributed by atoms with Crippen molar-refractivity contribution in [3.05, 3.63) is 36.0 Å². The molecule has 0 spiro atoms. The number of nitrogens with one attached hydrogen (secondary N) is 4. The summed E-state index contributed by atoms with van der Waals surface area (Å²) in [5.74, 6) is -4.97. The Morgan fingerprint density at radius 1 is 0.786 bits per heavy atom. The minimum Gasteiger partial charge on any atom is -0.480 e. The van der Waals surface area contributed by atoms with Crippen LogP contribution in [0, 0.1) is 0 Å². The van der Waals surface area contributed by atoms with E-state index in [1.54, 1.807) is 6.20 Å². The number of aliphatic carboxylic acids is 1. The zero-order chi connectivity index (χ0) is 31.2. The molecular formula is C27H40N8O7. The molecule has 15 nitrogen and oxygen atoms in total. The van der Waals surface area contributed by atoms with Crippen molar-refractivity contribution in [2.45, 2.75) is 75.5 Å². The van der Waals surface area contributed by atoms with Gasteiger partial charge < -0.3 is 49.0 Å². The minimum atomic E-state index is -1.32. The van der Waals surface area contributed by atoms with Gasteiger partial charge in [-0.15, -0.1) is 0 Å². The van der Waals surface area contributed by atoms with Gasteiger partial charge in [0.05, 0.1) is 6.04 Å². The molecule has 1 heterocycles. The average molecular weight is 589 g/mol. The van der Waals surface area contributed by atoms with Crippen LogP contribution in [0.1, 0.15) is 50.5 Å². The lowest BCUT2D eigenvalue weighted by molar-refractivity contribution is -0.142. The minimum absolute atomic E-state index is 0.0225. The van der Waals surface area contributed by atoms with Gasteiger partial charge in [0, 0.05) is 36.4 Å². The Morgan fingerprint density at radius 3 is 2.02 bits per heavy atom. The van der Waals surface area contributed by atoms with Crippen LogP contribution < -0.4 is 38.9 Å². The molecule has 1 aromatic heterocycles. The fourth-order valence-electron chi connectivity index (χ4n) is 4.29. The van der Waals surface area contributed by atoms with Gasteiger partial charge in [-0.3, -0.25) is 24.0 Å². The Kier molecular flexibility index (Phi) is 13.4. The third-order valence-electron chi connectivity index (χ3n) is 6.64. The van der Waals surface area contributed by atoms with Crippen molar-refractivity contribution in [1.82, 2.24) is 20.9 Å². The molecule has 0 saturated heterocycles. The topological polar surface area (TPSA) is 279 Å². The van der Waals surface area contributed by atoms with Gasteiger partial charge in [-0.25, -0.2) is 4.79 Å². The first-order chi connectivity index (χ1) is 19.9. The molecule has 4 unspecified atom stereocenters. The highest BCUT2D eigenvalue weighted by Gasteiger charge is 2.31. The first kappa shape index (κ1) is 33.7. The van der Waals surface area contributed by atoms with E-state index in [2.05, 4.69) is 20.9 Å². The third kappa shape index (κ3) is 10.8. The number of hydrogen-bond donors (Lipinski definition) is 9. The number of nitrogens with two attached hydrogens (primary N) is 4. The fourth-order valence-corrected chi connectivity index (χ4v) is 4.29. The van der Waals surface area contributed by atoms with Crippen LogP contribution in [0.15, 0.2) is 30.5 Å². The SMILES string of the molecule is NCCCCC(NC(=O)C(Cc1c[nH]c2ccccc12)NC(=O)C(CCC(N)=O)NC(=O)C(N)CCC(N)=O)C(=O)O. The van der Waals surface area contributed by atoms with Gasteiger partial charge in [0.15, 0.2) is 0 Å². The Labute approximate surface area is 242 Å². The predicted molar refractivity (Wildman–Crippen MR) is 153 cm³/mol. The molecule has 42 heavy (non-hydrogen) atoms. The molecule has 0 bridgehead atoms. The smallest absolute Gasteiger partial charge is 0.326 e. The van der Waals surface area contributed by atoms with Crippen LogP contribution >= 0.6 is 0 Å². The molecule has 0 aliphatic heterocycles. The summed E-state index contributed by atoms with van der Waals surface area (Å²) in [6, 6.07) is 2.33. The maximum atomic E-state index is 13.4. The van der Waals surface area contributed by atoms with Crippen LogP contribution in [0.5, 0.6) is 0 Å². The van der Waals surface area contributed by atoms with Crippen LogP contribution in [-0.4, -0.2) is 76.3 Å². The summed E-state index contributed by atoms with van der Waals surface area (Å²) in [6.45, 7) is 0.365. The number of rotatable bonds is 19. The number of H-pyrrole nitrogens is 1. The van der Waals surface area contributed by atoms with Crippen molar-refractivity contribution in [2.24, 2.45) is 22.9 Å². The average Bonchev–Trinajstić information content (AvgIpc) is 3.35. The number of fused-ring (bicyclic) bond motifs is 1. The number of carbonyl (C=O) groups is 6. The molecule has 5 amide bonds. The molecule has 0 radical (unpaired) electrons. The number of hydrogen-bond acceptors (Lipinski definition) is 8. The maximum Gasteiger partial charge on any atom is 0.326 e. The van der Waals surface area contributed by atoms with Crippen molar-refractivity contribution in [2.75, 3.05) is 6.54 Å². The van der Waals surface area contributed by atoms with Gasteiger partial charge in [0.2, 0.25) is 29.5 Å². The second kappa shape index (κ2) is 16.7.